The van der Waals surface area contributed by atoms with E-state index in [1.54, 1.807) is 12.1 Å². The first-order chi connectivity index (χ1) is 10.6. The van der Waals surface area contributed by atoms with Gasteiger partial charge in [-0.05, 0) is 25.0 Å². The van der Waals surface area contributed by atoms with E-state index in [0.717, 1.165) is 0 Å². The van der Waals surface area contributed by atoms with E-state index in [1.807, 2.05) is 11.0 Å². The highest BCUT2D eigenvalue weighted by molar-refractivity contribution is 5.97. The van der Waals surface area contributed by atoms with Crippen LogP contribution in [0.25, 0.3) is 0 Å². The van der Waals surface area contributed by atoms with Crippen LogP contribution in [0.3, 0.4) is 0 Å². The first-order valence-corrected chi connectivity index (χ1v) is 7.06. The van der Waals surface area contributed by atoms with Gasteiger partial charge in [0.05, 0.1) is 12.8 Å². The zero-order chi connectivity index (χ0) is 15.9. The van der Waals surface area contributed by atoms with Gasteiger partial charge in [-0.3, -0.25) is 9.59 Å². The van der Waals surface area contributed by atoms with E-state index < -0.39 is 5.91 Å². The predicted octanol–water partition coefficient (Wildman–Crippen LogP) is 0.501. The summed E-state index contributed by atoms with van der Waals surface area (Å²) in [5.41, 5.74) is 5.31. The van der Waals surface area contributed by atoms with Gasteiger partial charge in [-0.1, -0.05) is 0 Å². The number of carbonyl (C=O) groups is 2. The molecular weight excluding hydrogens is 284 g/mol. The van der Waals surface area contributed by atoms with Gasteiger partial charge in [-0.2, -0.15) is 5.26 Å². The minimum Gasteiger partial charge on any atom is -0.467 e. The van der Waals surface area contributed by atoms with Crippen molar-refractivity contribution >= 4 is 11.8 Å². The molecule has 7 nitrogen and oxygen atoms in total. The van der Waals surface area contributed by atoms with Crippen LogP contribution in [-0.4, -0.2) is 29.8 Å². The van der Waals surface area contributed by atoms with Crippen molar-refractivity contribution in [2.24, 2.45) is 11.7 Å². The Morgan fingerprint density at radius 3 is 2.77 bits per heavy atom. The standard InChI is InChI=1S/C15H18N4O3/c16-8-12(15(21)18-9-13-2-1-7-22-13)10-19-5-3-11(4-6-19)14(17)20/h1-2,7,10-11H,3-6,9H2,(H2,17,20)(H,18,21)/b12-10-. The number of likely N-dealkylation sites (tertiary alicyclic amines) is 1. The molecule has 0 saturated carbocycles. The molecular formula is C15H18N4O3. The van der Waals surface area contributed by atoms with E-state index >= 15 is 0 Å². The molecule has 1 aliphatic heterocycles. The number of amides is 2. The fraction of sp³-hybridized carbons (Fsp3) is 0.400. The lowest BCUT2D eigenvalue weighted by molar-refractivity contribution is -0.123. The van der Waals surface area contributed by atoms with Crippen LogP contribution in [0.15, 0.2) is 34.6 Å². The van der Waals surface area contributed by atoms with Crippen molar-refractivity contribution in [1.29, 1.82) is 5.26 Å². The molecule has 7 heteroatoms. The molecule has 0 unspecified atom stereocenters. The van der Waals surface area contributed by atoms with Gasteiger partial charge < -0.3 is 20.4 Å². The van der Waals surface area contributed by atoms with Crippen LogP contribution in [0.5, 0.6) is 0 Å². The van der Waals surface area contributed by atoms with Crippen molar-refractivity contribution in [2.45, 2.75) is 19.4 Å². The van der Waals surface area contributed by atoms with E-state index in [0.29, 0.717) is 31.7 Å². The predicted molar refractivity (Wildman–Crippen MR) is 77.7 cm³/mol. The van der Waals surface area contributed by atoms with Crippen LogP contribution >= 0.6 is 0 Å². The number of hydrogen-bond donors (Lipinski definition) is 2. The third kappa shape index (κ3) is 4.12. The molecule has 2 heterocycles. The van der Waals surface area contributed by atoms with Gasteiger partial charge in [-0.15, -0.1) is 0 Å². The Morgan fingerprint density at radius 2 is 2.23 bits per heavy atom. The Labute approximate surface area is 128 Å². The van der Waals surface area contributed by atoms with Crippen LogP contribution in [-0.2, 0) is 16.1 Å². The topological polar surface area (TPSA) is 112 Å². The summed E-state index contributed by atoms with van der Waals surface area (Å²) in [4.78, 5) is 24.9. The minimum atomic E-state index is -0.448. The molecule has 0 aromatic carbocycles. The highest BCUT2D eigenvalue weighted by Crippen LogP contribution is 2.17. The molecule has 2 rings (SSSR count). The number of nitriles is 1. The van der Waals surface area contributed by atoms with Crippen molar-refractivity contribution in [3.63, 3.8) is 0 Å². The number of nitrogens with one attached hydrogen (secondary N) is 1. The maximum atomic E-state index is 12.0. The normalized spacial score (nSPS) is 16.1. The maximum Gasteiger partial charge on any atom is 0.263 e. The number of rotatable bonds is 5. The fourth-order valence-corrected chi connectivity index (χ4v) is 2.31. The molecule has 22 heavy (non-hydrogen) atoms. The zero-order valence-corrected chi connectivity index (χ0v) is 12.1. The maximum absolute atomic E-state index is 12.0. The molecule has 116 valence electrons. The number of piperidine rings is 1. The summed E-state index contributed by atoms with van der Waals surface area (Å²) in [6.45, 7) is 1.43. The Balaban J connectivity index is 1.89. The average Bonchev–Trinajstić information content (AvgIpc) is 3.04. The number of primary amides is 1. The summed E-state index contributed by atoms with van der Waals surface area (Å²) in [5.74, 6) is -0.243. The Kier molecular flexibility index (Phi) is 5.20. The molecule has 0 aliphatic carbocycles. The molecule has 1 aliphatic rings. The molecule has 0 bridgehead atoms. The zero-order valence-electron chi connectivity index (χ0n) is 12.1. The van der Waals surface area contributed by atoms with Crippen molar-refractivity contribution in [2.75, 3.05) is 13.1 Å². The van der Waals surface area contributed by atoms with Gasteiger partial charge in [0, 0.05) is 25.2 Å². The highest BCUT2D eigenvalue weighted by atomic mass is 16.3. The number of nitrogens with zero attached hydrogens (tertiary/aromatic N) is 2. The Morgan fingerprint density at radius 1 is 1.50 bits per heavy atom. The summed E-state index contributed by atoms with van der Waals surface area (Å²) < 4.78 is 5.11. The van der Waals surface area contributed by atoms with Crippen molar-refractivity contribution < 1.29 is 14.0 Å². The molecule has 1 saturated heterocycles. The third-order valence-electron chi connectivity index (χ3n) is 3.61. The Bertz CT molecular complexity index is 593. The molecule has 0 spiro atoms. The van der Waals surface area contributed by atoms with E-state index in [2.05, 4.69) is 5.32 Å². The molecule has 1 aromatic rings. The molecule has 3 N–H and O–H groups in total. The van der Waals surface area contributed by atoms with Crippen molar-refractivity contribution in [1.82, 2.24) is 10.2 Å². The second-order valence-corrected chi connectivity index (χ2v) is 5.13. The van der Waals surface area contributed by atoms with Gasteiger partial charge in [-0.25, -0.2) is 0 Å². The molecule has 1 fully saturated rings. The summed E-state index contributed by atoms with van der Waals surface area (Å²) in [5, 5.41) is 11.7. The van der Waals surface area contributed by atoms with E-state index in [-0.39, 0.29) is 23.9 Å². The summed E-state index contributed by atoms with van der Waals surface area (Å²) in [7, 11) is 0. The molecule has 0 radical (unpaired) electrons. The second kappa shape index (κ2) is 7.31. The lowest BCUT2D eigenvalue weighted by Crippen LogP contribution is -2.36. The SMILES string of the molecule is N#C/C(=C/N1CCC(C(N)=O)CC1)C(=O)NCc1ccco1. The number of nitrogens with two attached hydrogens (primary N) is 1. The summed E-state index contributed by atoms with van der Waals surface area (Å²) >= 11 is 0. The van der Waals surface area contributed by atoms with Crippen LogP contribution in [0.2, 0.25) is 0 Å². The van der Waals surface area contributed by atoms with Gasteiger partial charge in [0.25, 0.3) is 5.91 Å². The summed E-state index contributed by atoms with van der Waals surface area (Å²) in [6.07, 6.45) is 4.33. The van der Waals surface area contributed by atoms with Crippen molar-refractivity contribution in [3.05, 3.63) is 35.9 Å². The number of furan rings is 1. The van der Waals surface area contributed by atoms with E-state index in [9.17, 15) is 9.59 Å². The van der Waals surface area contributed by atoms with E-state index in [1.165, 1.54) is 12.5 Å². The minimum absolute atomic E-state index is 0.0316. The Hall–Kier alpha value is -2.75. The average molecular weight is 302 g/mol. The summed E-state index contributed by atoms with van der Waals surface area (Å²) in [6, 6.07) is 5.37. The highest BCUT2D eigenvalue weighted by Gasteiger charge is 2.22. The fourth-order valence-electron chi connectivity index (χ4n) is 2.31. The second-order valence-electron chi connectivity index (χ2n) is 5.13. The number of carbonyl (C=O) groups excluding carboxylic acids is 2. The number of hydrogen-bond acceptors (Lipinski definition) is 5. The van der Waals surface area contributed by atoms with Crippen LogP contribution in [0.1, 0.15) is 18.6 Å². The van der Waals surface area contributed by atoms with Gasteiger partial charge in [0.1, 0.15) is 17.4 Å². The third-order valence-corrected chi connectivity index (χ3v) is 3.61. The van der Waals surface area contributed by atoms with Crippen LogP contribution in [0.4, 0.5) is 0 Å². The van der Waals surface area contributed by atoms with E-state index in [4.69, 9.17) is 15.4 Å². The van der Waals surface area contributed by atoms with Crippen LogP contribution in [0, 0.1) is 17.2 Å². The molecule has 2 amide bonds. The van der Waals surface area contributed by atoms with Gasteiger partial charge in [0.2, 0.25) is 5.91 Å². The molecule has 0 atom stereocenters. The first kappa shape index (κ1) is 15.6. The quantitative estimate of drug-likeness (QED) is 0.607. The smallest absolute Gasteiger partial charge is 0.263 e. The first-order valence-electron chi connectivity index (χ1n) is 7.06. The monoisotopic (exact) mass is 302 g/mol. The largest absolute Gasteiger partial charge is 0.467 e. The van der Waals surface area contributed by atoms with Crippen LogP contribution < -0.4 is 11.1 Å². The van der Waals surface area contributed by atoms with Crippen molar-refractivity contribution in [3.8, 4) is 6.07 Å². The molecule has 1 aromatic heterocycles. The lowest BCUT2D eigenvalue weighted by atomic mass is 9.96. The van der Waals surface area contributed by atoms with Gasteiger partial charge >= 0.3 is 0 Å². The van der Waals surface area contributed by atoms with Gasteiger partial charge in [0.15, 0.2) is 0 Å². The lowest BCUT2D eigenvalue weighted by Gasteiger charge is -2.29.